The van der Waals surface area contributed by atoms with Crippen LogP contribution >= 0.6 is 11.6 Å². The van der Waals surface area contributed by atoms with Gasteiger partial charge < -0.3 is 10.6 Å². The standard InChI is InChI=1S/C14H18ClN3O2/c1-10-14(20)16-6-7-18(10)9-13(19)17-8-11-2-4-12(15)5-3-11/h2-5,10H,6-9H2,1H3,(H,16,20)(H,17,19). The molecule has 5 nitrogen and oxygen atoms in total. The maximum atomic E-state index is 11.9. The first-order valence-corrected chi connectivity index (χ1v) is 6.97. The molecule has 1 atom stereocenters. The third-order valence-electron chi connectivity index (χ3n) is 3.38. The number of nitrogens with one attached hydrogen (secondary N) is 2. The number of carbonyl (C=O) groups excluding carboxylic acids is 2. The van der Waals surface area contributed by atoms with Gasteiger partial charge in [-0.15, -0.1) is 0 Å². The van der Waals surface area contributed by atoms with Crippen LogP contribution in [-0.2, 0) is 16.1 Å². The van der Waals surface area contributed by atoms with Gasteiger partial charge in [0, 0.05) is 24.7 Å². The molecule has 108 valence electrons. The van der Waals surface area contributed by atoms with Crippen molar-refractivity contribution >= 4 is 23.4 Å². The van der Waals surface area contributed by atoms with E-state index >= 15 is 0 Å². The maximum absolute atomic E-state index is 11.9. The Morgan fingerprint density at radius 3 is 2.85 bits per heavy atom. The van der Waals surface area contributed by atoms with E-state index in [9.17, 15) is 9.59 Å². The van der Waals surface area contributed by atoms with Gasteiger partial charge in [0.1, 0.15) is 0 Å². The molecule has 1 aromatic carbocycles. The van der Waals surface area contributed by atoms with Crippen LogP contribution in [0.4, 0.5) is 0 Å². The molecule has 1 aliphatic rings. The Labute approximate surface area is 123 Å². The highest BCUT2D eigenvalue weighted by Crippen LogP contribution is 2.09. The van der Waals surface area contributed by atoms with Crippen molar-refractivity contribution < 1.29 is 9.59 Å². The second kappa shape index (κ2) is 6.72. The molecule has 1 fully saturated rings. The Kier molecular flexibility index (Phi) is 4.98. The van der Waals surface area contributed by atoms with E-state index in [-0.39, 0.29) is 24.4 Å². The largest absolute Gasteiger partial charge is 0.353 e. The first kappa shape index (κ1) is 14.8. The Morgan fingerprint density at radius 1 is 1.45 bits per heavy atom. The summed E-state index contributed by atoms with van der Waals surface area (Å²) in [5.41, 5.74) is 0.993. The molecule has 0 bridgehead atoms. The second-order valence-electron chi connectivity index (χ2n) is 4.84. The van der Waals surface area contributed by atoms with Gasteiger partial charge in [-0.1, -0.05) is 23.7 Å². The van der Waals surface area contributed by atoms with Crippen LogP contribution in [0.1, 0.15) is 12.5 Å². The molecule has 2 amide bonds. The highest BCUT2D eigenvalue weighted by atomic mass is 35.5. The highest BCUT2D eigenvalue weighted by Gasteiger charge is 2.26. The van der Waals surface area contributed by atoms with E-state index in [1.807, 2.05) is 17.0 Å². The first-order chi connectivity index (χ1) is 9.56. The van der Waals surface area contributed by atoms with Crippen molar-refractivity contribution in [1.82, 2.24) is 15.5 Å². The summed E-state index contributed by atoms with van der Waals surface area (Å²) in [5.74, 6) is -0.108. The number of amides is 2. The zero-order valence-electron chi connectivity index (χ0n) is 11.4. The zero-order chi connectivity index (χ0) is 14.5. The lowest BCUT2D eigenvalue weighted by Crippen LogP contribution is -2.56. The van der Waals surface area contributed by atoms with Crippen molar-refractivity contribution in [2.45, 2.75) is 19.5 Å². The van der Waals surface area contributed by atoms with E-state index in [0.29, 0.717) is 24.7 Å². The number of benzene rings is 1. The third kappa shape index (κ3) is 3.95. The van der Waals surface area contributed by atoms with Gasteiger partial charge in [-0.05, 0) is 24.6 Å². The molecule has 0 aliphatic carbocycles. The summed E-state index contributed by atoms with van der Waals surface area (Å²) in [7, 11) is 0. The molecule has 1 saturated heterocycles. The second-order valence-corrected chi connectivity index (χ2v) is 5.28. The predicted molar refractivity (Wildman–Crippen MR) is 77.3 cm³/mol. The number of hydrogen-bond acceptors (Lipinski definition) is 3. The normalized spacial score (nSPS) is 19.5. The quantitative estimate of drug-likeness (QED) is 0.863. The number of hydrogen-bond donors (Lipinski definition) is 2. The van der Waals surface area contributed by atoms with Crippen molar-refractivity contribution in [2.75, 3.05) is 19.6 Å². The van der Waals surface area contributed by atoms with E-state index in [0.717, 1.165) is 5.56 Å². The number of halogens is 1. The third-order valence-corrected chi connectivity index (χ3v) is 3.63. The van der Waals surface area contributed by atoms with Crippen molar-refractivity contribution in [1.29, 1.82) is 0 Å². The van der Waals surface area contributed by atoms with Crippen molar-refractivity contribution in [3.63, 3.8) is 0 Å². The summed E-state index contributed by atoms with van der Waals surface area (Å²) in [6.07, 6.45) is 0. The Hall–Kier alpha value is -1.59. The highest BCUT2D eigenvalue weighted by molar-refractivity contribution is 6.30. The fourth-order valence-electron chi connectivity index (χ4n) is 2.09. The molecule has 0 saturated carbocycles. The summed E-state index contributed by atoms with van der Waals surface area (Å²) >= 11 is 5.80. The van der Waals surface area contributed by atoms with Crippen LogP contribution in [0.3, 0.4) is 0 Å². The minimum absolute atomic E-state index is 0.0262. The Bertz CT molecular complexity index is 490. The molecule has 0 spiro atoms. The van der Waals surface area contributed by atoms with Crippen LogP contribution < -0.4 is 10.6 Å². The van der Waals surface area contributed by atoms with Crippen molar-refractivity contribution in [2.24, 2.45) is 0 Å². The first-order valence-electron chi connectivity index (χ1n) is 6.59. The lowest BCUT2D eigenvalue weighted by molar-refractivity contribution is -0.130. The molecule has 1 aromatic rings. The monoisotopic (exact) mass is 295 g/mol. The molecule has 2 N–H and O–H groups in total. The van der Waals surface area contributed by atoms with Gasteiger partial charge in [0.2, 0.25) is 11.8 Å². The average molecular weight is 296 g/mol. The van der Waals surface area contributed by atoms with Gasteiger partial charge in [0.05, 0.1) is 12.6 Å². The predicted octanol–water partition coefficient (Wildman–Crippen LogP) is 0.777. The van der Waals surface area contributed by atoms with Gasteiger partial charge in [-0.2, -0.15) is 0 Å². The fourth-order valence-corrected chi connectivity index (χ4v) is 2.22. The summed E-state index contributed by atoms with van der Waals surface area (Å²) in [5, 5.41) is 6.29. The molecule has 6 heteroatoms. The molecule has 0 radical (unpaired) electrons. The van der Waals surface area contributed by atoms with Crippen LogP contribution in [0.2, 0.25) is 5.02 Å². The summed E-state index contributed by atoms with van der Waals surface area (Å²) in [6, 6.07) is 7.07. The molecule has 1 unspecified atom stereocenters. The van der Waals surface area contributed by atoms with Crippen LogP contribution in [0.15, 0.2) is 24.3 Å². The van der Waals surface area contributed by atoms with Crippen molar-refractivity contribution in [3.05, 3.63) is 34.9 Å². The van der Waals surface area contributed by atoms with E-state index in [4.69, 9.17) is 11.6 Å². The zero-order valence-corrected chi connectivity index (χ0v) is 12.1. The SMILES string of the molecule is CC1C(=O)NCCN1CC(=O)NCc1ccc(Cl)cc1. The Morgan fingerprint density at radius 2 is 2.15 bits per heavy atom. The molecular formula is C14H18ClN3O2. The molecule has 2 rings (SSSR count). The minimum Gasteiger partial charge on any atom is -0.353 e. The lowest BCUT2D eigenvalue weighted by atomic mass is 10.2. The average Bonchev–Trinajstić information content (AvgIpc) is 2.43. The topological polar surface area (TPSA) is 61.4 Å². The van der Waals surface area contributed by atoms with E-state index in [1.165, 1.54) is 0 Å². The smallest absolute Gasteiger partial charge is 0.237 e. The van der Waals surface area contributed by atoms with Crippen molar-refractivity contribution in [3.8, 4) is 0 Å². The summed E-state index contributed by atoms with van der Waals surface area (Å²) in [6.45, 7) is 3.79. The maximum Gasteiger partial charge on any atom is 0.237 e. The van der Waals surface area contributed by atoms with Crippen LogP contribution in [0, 0.1) is 0 Å². The van der Waals surface area contributed by atoms with Crippen LogP contribution in [-0.4, -0.2) is 42.4 Å². The number of rotatable bonds is 4. The van der Waals surface area contributed by atoms with Gasteiger partial charge in [-0.3, -0.25) is 14.5 Å². The van der Waals surface area contributed by atoms with Gasteiger partial charge in [0.25, 0.3) is 0 Å². The molecule has 0 aromatic heterocycles. The summed E-state index contributed by atoms with van der Waals surface area (Å²) < 4.78 is 0. The van der Waals surface area contributed by atoms with Gasteiger partial charge in [0.15, 0.2) is 0 Å². The number of carbonyl (C=O) groups is 2. The number of nitrogens with zero attached hydrogens (tertiary/aromatic N) is 1. The van der Waals surface area contributed by atoms with E-state index in [1.54, 1.807) is 19.1 Å². The Balaban J connectivity index is 1.80. The van der Waals surface area contributed by atoms with Gasteiger partial charge >= 0.3 is 0 Å². The molecule has 1 heterocycles. The number of piperazine rings is 1. The van der Waals surface area contributed by atoms with Crippen LogP contribution in [0.5, 0.6) is 0 Å². The van der Waals surface area contributed by atoms with E-state index < -0.39 is 0 Å². The summed E-state index contributed by atoms with van der Waals surface area (Å²) in [4.78, 5) is 25.3. The lowest BCUT2D eigenvalue weighted by Gasteiger charge is -2.31. The van der Waals surface area contributed by atoms with Crippen LogP contribution in [0.25, 0.3) is 0 Å². The van der Waals surface area contributed by atoms with E-state index in [2.05, 4.69) is 10.6 Å². The van der Waals surface area contributed by atoms with Gasteiger partial charge in [-0.25, -0.2) is 0 Å². The molecule has 20 heavy (non-hydrogen) atoms. The minimum atomic E-state index is -0.259. The molecule has 1 aliphatic heterocycles. The molecular weight excluding hydrogens is 278 g/mol. The fraction of sp³-hybridized carbons (Fsp3) is 0.429.